The standard InChI is InChI=1S/C11H17NO3/c1-3-15-10-6-4-5-9(14-2)11(10)8(12)7-13/h4-6,8,13H,3,7,12H2,1-2H3. The monoisotopic (exact) mass is 211 g/mol. The fourth-order valence-electron chi connectivity index (χ4n) is 1.44. The van der Waals surface area contributed by atoms with E-state index >= 15 is 0 Å². The van der Waals surface area contributed by atoms with Crippen LogP contribution in [-0.2, 0) is 0 Å². The SMILES string of the molecule is CCOc1cccc(OC)c1C(N)CO. The van der Waals surface area contributed by atoms with Gasteiger partial charge in [-0.3, -0.25) is 0 Å². The van der Waals surface area contributed by atoms with Crippen molar-refractivity contribution in [1.29, 1.82) is 0 Å². The first kappa shape index (κ1) is 11.8. The smallest absolute Gasteiger partial charge is 0.127 e. The Kier molecular flexibility index (Phi) is 4.39. The van der Waals surface area contributed by atoms with Gasteiger partial charge in [-0.2, -0.15) is 0 Å². The molecule has 0 aromatic heterocycles. The van der Waals surface area contributed by atoms with Crippen molar-refractivity contribution in [3.05, 3.63) is 23.8 Å². The molecule has 0 spiro atoms. The number of aliphatic hydroxyl groups excluding tert-OH is 1. The van der Waals surface area contributed by atoms with Gasteiger partial charge in [0.1, 0.15) is 11.5 Å². The molecule has 1 aromatic carbocycles. The van der Waals surface area contributed by atoms with Gasteiger partial charge in [0.2, 0.25) is 0 Å². The molecule has 15 heavy (non-hydrogen) atoms. The van der Waals surface area contributed by atoms with E-state index in [1.165, 1.54) is 0 Å². The van der Waals surface area contributed by atoms with Crippen LogP contribution in [0.3, 0.4) is 0 Å². The maximum absolute atomic E-state index is 9.06. The average molecular weight is 211 g/mol. The first-order chi connectivity index (χ1) is 7.24. The van der Waals surface area contributed by atoms with Gasteiger partial charge in [-0.05, 0) is 19.1 Å². The number of ether oxygens (including phenoxy) is 2. The number of hydrogen-bond donors (Lipinski definition) is 2. The molecule has 0 fully saturated rings. The third-order valence-electron chi connectivity index (χ3n) is 2.11. The predicted octanol–water partition coefficient (Wildman–Crippen LogP) is 1.09. The molecule has 0 amide bonds. The highest BCUT2D eigenvalue weighted by atomic mass is 16.5. The van der Waals surface area contributed by atoms with Crippen LogP contribution < -0.4 is 15.2 Å². The molecule has 1 unspecified atom stereocenters. The minimum Gasteiger partial charge on any atom is -0.496 e. The van der Waals surface area contributed by atoms with Gasteiger partial charge in [-0.25, -0.2) is 0 Å². The van der Waals surface area contributed by atoms with Crippen molar-refractivity contribution in [2.75, 3.05) is 20.3 Å². The normalized spacial score (nSPS) is 12.3. The van der Waals surface area contributed by atoms with Gasteiger partial charge < -0.3 is 20.3 Å². The number of hydrogen-bond acceptors (Lipinski definition) is 4. The topological polar surface area (TPSA) is 64.7 Å². The van der Waals surface area contributed by atoms with Gasteiger partial charge in [0, 0.05) is 0 Å². The van der Waals surface area contributed by atoms with Crippen LogP contribution in [0.1, 0.15) is 18.5 Å². The molecule has 0 saturated heterocycles. The van der Waals surface area contributed by atoms with Gasteiger partial charge in [0.15, 0.2) is 0 Å². The first-order valence-electron chi connectivity index (χ1n) is 4.90. The van der Waals surface area contributed by atoms with E-state index in [9.17, 15) is 0 Å². The van der Waals surface area contributed by atoms with Crippen LogP contribution in [0.4, 0.5) is 0 Å². The van der Waals surface area contributed by atoms with Crippen LogP contribution in [0.5, 0.6) is 11.5 Å². The average Bonchev–Trinajstić information content (AvgIpc) is 2.28. The van der Waals surface area contributed by atoms with Crippen molar-refractivity contribution in [1.82, 2.24) is 0 Å². The second kappa shape index (κ2) is 5.58. The minimum atomic E-state index is -0.484. The van der Waals surface area contributed by atoms with Gasteiger partial charge in [0.25, 0.3) is 0 Å². The zero-order chi connectivity index (χ0) is 11.3. The van der Waals surface area contributed by atoms with Crippen molar-refractivity contribution >= 4 is 0 Å². The Morgan fingerprint density at radius 3 is 2.60 bits per heavy atom. The molecule has 84 valence electrons. The molecule has 0 saturated carbocycles. The van der Waals surface area contributed by atoms with Crippen molar-refractivity contribution in [2.45, 2.75) is 13.0 Å². The summed E-state index contributed by atoms with van der Waals surface area (Å²) in [6.45, 7) is 2.31. The van der Waals surface area contributed by atoms with E-state index in [1.807, 2.05) is 19.1 Å². The molecule has 1 atom stereocenters. The van der Waals surface area contributed by atoms with Crippen LogP contribution in [0.25, 0.3) is 0 Å². The number of aliphatic hydroxyl groups is 1. The van der Waals surface area contributed by atoms with Gasteiger partial charge in [-0.15, -0.1) is 0 Å². The molecule has 1 rings (SSSR count). The summed E-state index contributed by atoms with van der Waals surface area (Å²) in [4.78, 5) is 0. The van der Waals surface area contributed by atoms with Crippen LogP contribution in [0.15, 0.2) is 18.2 Å². The Morgan fingerprint density at radius 1 is 1.40 bits per heavy atom. The Hall–Kier alpha value is -1.26. The lowest BCUT2D eigenvalue weighted by Crippen LogP contribution is -2.17. The third kappa shape index (κ3) is 2.61. The first-order valence-corrected chi connectivity index (χ1v) is 4.90. The summed E-state index contributed by atoms with van der Waals surface area (Å²) in [6.07, 6.45) is 0. The second-order valence-corrected chi connectivity index (χ2v) is 3.09. The van der Waals surface area contributed by atoms with Crippen molar-refractivity contribution in [3.63, 3.8) is 0 Å². The van der Waals surface area contributed by atoms with E-state index in [4.69, 9.17) is 20.3 Å². The summed E-state index contributed by atoms with van der Waals surface area (Å²) >= 11 is 0. The zero-order valence-electron chi connectivity index (χ0n) is 9.06. The number of methoxy groups -OCH3 is 1. The summed E-state index contributed by atoms with van der Waals surface area (Å²) < 4.78 is 10.6. The number of rotatable bonds is 5. The molecule has 1 aromatic rings. The summed E-state index contributed by atoms with van der Waals surface area (Å²) in [6, 6.07) is 4.96. The van der Waals surface area contributed by atoms with Gasteiger partial charge in [-0.1, -0.05) is 6.07 Å². The number of nitrogens with two attached hydrogens (primary N) is 1. The molecule has 4 nitrogen and oxygen atoms in total. The maximum atomic E-state index is 9.06. The lowest BCUT2D eigenvalue weighted by molar-refractivity contribution is 0.257. The van der Waals surface area contributed by atoms with Gasteiger partial charge in [0.05, 0.1) is 31.9 Å². The highest BCUT2D eigenvalue weighted by molar-refractivity contribution is 5.46. The Labute approximate surface area is 89.6 Å². The van der Waals surface area contributed by atoms with E-state index in [2.05, 4.69) is 0 Å². The second-order valence-electron chi connectivity index (χ2n) is 3.09. The summed E-state index contributed by atoms with van der Waals surface area (Å²) in [5, 5.41) is 9.06. The van der Waals surface area contributed by atoms with Crippen molar-refractivity contribution in [2.24, 2.45) is 5.73 Å². The van der Waals surface area contributed by atoms with Crippen LogP contribution in [0, 0.1) is 0 Å². The third-order valence-corrected chi connectivity index (χ3v) is 2.11. The largest absolute Gasteiger partial charge is 0.496 e. The quantitative estimate of drug-likeness (QED) is 0.765. The summed E-state index contributed by atoms with van der Waals surface area (Å²) in [5.41, 5.74) is 6.50. The lowest BCUT2D eigenvalue weighted by Gasteiger charge is -2.17. The van der Waals surface area contributed by atoms with E-state index in [-0.39, 0.29) is 6.61 Å². The Bertz CT molecular complexity index is 315. The van der Waals surface area contributed by atoms with Crippen molar-refractivity contribution in [3.8, 4) is 11.5 Å². The van der Waals surface area contributed by atoms with Crippen LogP contribution >= 0.6 is 0 Å². The van der Waals surface area contributed by atoms with E-state index in [1.54, 1.807) is 13.2 Å². The molecule has 0 bridgehead atoms. The summed E-state index contributed by atoms with van der Waals surface area (Å²) in [5.74, 6) is 1.31. The van der Waals surface area contributed by atoms with E-state index in [0.717, 1.165) is 0 Å². The van der Waals surface area contributed by atoms with Crippen LogP contribution in [0.2, 0.25) is 0 Å². The van der Waals surface area contributed by atoms with E-state index in [0.29, 0.717) is 23.7 Å². The minimum absolute atomic E-state index is 0.138. The highest BCUT2D eigenvalue weighted by Crippen LogP contribution is 2.32. The molecule has 3 N–H and O–H groups in total. The Balaban J connectivity index is 3.14. The predicted molar refractivity (Wildman–Crippen MR) is 58.2 cm³/mol. The fourth-order valence-corrected chi connectivity index (χ4v) is 1.44. The molecule has 0 aliphatic rings. The summed E-state index contributed by atoms with van der Waals surface area (Å²) in [7, 11) is 1.57. The molecule has 0 aliphatic carbocycles. The van der Waals surface area contributed by atoms with Crippen molar-refractivity contribution < 1.29 is 14.6 Å². The molecular weight excluding hydrogens is 194 g/mol. The van der Waals surface area contributed by atoms with E-state index < -0.39 is 6.04 Å². The molecular formula is C11H17NO3. The molecule has 0 heterocycles. The molecule has 0 radical (unpaired) electrons. The number of benzene rings is 1. The molecule has 4 heteroatoms. The lowest BCUT2D eigenvalue weighted by atomic mass is 10.1. The van der Waals surface area contributed by atoms with Crippen LogP contribution in [-0.4, -0.2) is 25.4 Å². The van der Waals surface area contributed by atoms with Gasteiger partial charge >= 0.3 is 0 Å². The maximum Gasteiger partial charge on any atom is 0.127 e. The molecule has 0 aliphatic heterocycles. The Morgan fingerprint density at radius 2 is 2.07 bits per heavy atom. The fraction of sp³-hybridized carbons (Fsp3) is 0.455. The zero-order valence-corrected chi connectivity index (χ0v) is 9.06. The highest BCUT2D eigenvalue weighted by Gasteiger charge is 2.16.